The SMILES string of the molecule is O=P(c1ccccc1)(c1ccccc1)C1CC2C=CC1C2. The highest BCUT2D eigenvalue weighted by molar-refractivity contribution is 7.79. The van der Waals surface area contributed by atoms with Crippen LogP contribution < -0.4 is 10.6 Å². The second-order valence-corrected chi connectivity index (χ2v) is 9.19. The van der Waals surface area contributed by atoms with Crippen LogP contribution in [0.3, 0.4) is 0 Å². The minimum Gasteiger partial charge on any atom is -0.313 e. The molecule has 1 fully saturated rings. The standard InChI is InChI=1S/C19H19OP/c20-21(17-7-3-1-4-8-17,18-9-5-2-6-10-18)19-14-15-11-12-16(19)13-15/h1-12,15-16,19H,13-14H2. The molecule has 2 heteroatoms. The van der Waals surface area contributed by atoms with E-state index in [-0.39, 0.29) is 5.66 Å². The first kappa shape index (κ1) is 13.1. The first-order valence-corrected chi connectivity index (χ1v) is 9.45. The molecule has 21 heavy (non-hydrogen) atoms. The van der Waals surface area contributed by atoms with E-state index in [2.05, 4.69) is 12.2 Å². The van der Waals surface area contributed by atoms with Gasteiger partial charge in [-0.15, -0.1) is 0 Å². The highest BCUT2D eigenvalue weighted by atomic mass is 31.2. The van der Waals surface area contributed by atoms with Crippen LogP contribution in [0.15, 0.2) is 72.8 Å². The summed E-state index contributed by atoms with van der Waals surface area (Å²) in [5, 5.41) is 2.03. The molecule has 2 bridgehead atoms. The van der Waals surface area contributed by atoms with E-state index in [1.807, 2.05) is 60.7 Å². The van der Waals surface area contributed by atoms with E-state index in [0.717, 1.165) is 17.0 Å². The molecule has 3 unspecified atom stereocenters. The van der Waals surface area contributed by atoms with Crippen molar-refractivity contribution in [3.05, 3.63) is 72.8 Å². The summed E-state index contributed by atoms with van der Waals surface area (Å²) in [4.78, 5) is 0. The first-order valence-electron chi connectivity index (χ1n) is 7.68. The minimum atomic E-state index is -2.57. The molecule has 2 aliphatic rings. The van der Waals surface area contributed by atoms with Crippen molar-refractivity contribution in [2.45, 2.75) is 18.5 Å². The van der Waals surface area contributed by atoms with E-state index in [9.17, 15) is 4.57 Å². The summed E-state index contributed by atoms with van der Waals surface area (Å²) in [7, 11) is -2.57. The lowest BCUT2D eigenvalue weighted by Gasteiger charge is -2.30. The largest absolute Gasteiger partial charge is 0.313 e. The Hall–Kier alpha value is -1.59. The van der Waals surface area contributed by atoms with Gasteiger partial charge in [-0.3, -0.25) is 0 Å². The average molecular weight is 294 g/mol. The summed E-state index contributed by atoms with van der Waals surface area (Å²) in [6, 6.07) is 20.2. The normalized spacial score (nSPS) is 27.1. The molecular formula is C19H19OP. The van der Waals surface area contributed by atoms with Crippen molar-refractivity contribution in [2.75, 3.05) is 0 Å². The summed E-state index contributed by atoms with van der Waals surface area (Å²) in [5.41, 5.74) is 0.275. The predicted molar refractivity (Wildman–Crippen MR) is 88.9 cm³/mol. The quantitative estimate of drug-likeness (QED) is 0.618. The Morgan fingerprint density at radius 2 is 1.33 bits per heavy atom. The molecule has 2 aliphatic carbocycles. The minimum absolute atomic E-state index is 0.275. The molecule has 0 N–H and O–H groups in total. The molecule has 4 rings (SSSR count). The third kappa shape index (κ3) is 2.03. The lowest BCUT2D eigenvalue weighted by molar-refractivity contribution is 0.564. The average Bonchev–Trinajstić information content (AvgIpc) is 3.19. The Balaban J connectivity index is 1.88. The van der Waals surface area contributed by atoms with Crippen LogP contribution in [0.25, 0.3) is 0 Å². The fourth-order valence-electron chi connectivity index (χ4n) is 4.00. The van der Waals surface area contributed by atoms with Gasteiger partial charge in [-0.2, -0.15) is 0 Å². The zero-order valence-electron chi connectivity index (χ0n) is 11.9. The highest BCUT2D eigenvalue weighted by Crippen LogP contribution is 2.60. The molecule has 106 valence electrons. The number of benzene rings is 2. The molecule has 0 radical (unpaired) electrons. The van der Waals surface area contributed by atoms with Crippen molar-refractivity contribution in [2.24, 2.45) is 11.8 Å². The Bertz CT molecular complexity index is 661. The van der Waals surface area contributed by atoms with Crippen molar-refractivity contribution in [1.82, 2.24) is 0 Å². The maximum absolute atomic E-state index is 14.2. The van der Waals surface area contributed by atoms with E-state index in [1.165, 1.54) is 6.42 Å². The molecule has 3 atom stereocenters. The van der Waals surface area contributed by atoms with Gasteiger partial charge in [0.2, 0.25) is 0 Å². The maximum Gasteiger partial charge on any atom is 0.146 e. The zero-order valence-corrected chi connectivity index (χ0v) is 12.8. The Morgan fingerprint density at radius 1 is 0.762 bits per heavy atom. The Morgan fingerprint density at radius 3 is 1.76 bits per heavy atom. The molecule has 1 saturated carbocycles. The van der Waals surface area contributed by atoms with Crippen LogP contribution in [-0.4, -0.2) is 5.66 Å². The summed E-state index contributed by atoms with van der Waals surface area (Å²) >= 11 is 0. The van der Waals surface area contributed by atoms with Crippen molar-refractivity contribution in [1.29, 1.82) is 0 Å². The fraction of sp³-hybridized carbons (Fsp3) is 0.263. The Kier molecular flexibility index (Phi) is 3.12. The van der Waals surface area contributed by atoms with Crippen molar-refractivity contribution < 1.29 is 4.57 Å². The van der Waals surface area contributed by atoms with Gasteiger partial charge in [-0.05, 0) is 24.7 Å². The lowest BCUT2D eigenvalue weighted by Crippen LogP contribution is -2.28. The van der Waals surface area contributed by atoms with Gasteiger partial charge in [0.25, 0.3) is 0 Å². The molecule has 0 heterocycles. The van der Waals surface area contributed by atoms with Crippen LogP contribution in [0.5, 0.6) is 0 Å². The Labute approximate surface area is 126 Å². The smallest absolute Gasteiger partial charge is 0.146 e. The van der Waals surface area contributed by atoms with Crippen LogP contribution in [0, 0.1) is 11.8 Å². The molecule has 0 saturated heterocycles. The molecule has 0 aliphatic heterocycles. The van der Waals surface area contributed by atoms with E-state index in [4.69, 9.17) is 0 Å². The van der Waals surface area contributed by atoms with Gasteiger partial charge in [-0.1, -0.05) is 72.8 Å². The zero-order chi connectivity index (χ0) is 14.3. The van der Waals surface area contributed by atoms with E-state index < -0.39 is 7.14 Å². The van der Waals surface area contributed by atoms with Gasteiger partial charge in [0, 0.05) is 16.3 Å². The molecule has 0 spiro atoms. The number of fused-ring (bicyclic) bond motifs is 2. The number of allylic oxidation sites excluding steroid dienone is 2. The van der Waals surface area contributed by atoms with Gasteiger partial charge in [0.1, 0.15) is 7.14 Å². The summed E-state index contributed by atoms with van der Waals surface area (Å²) < 4.78 is 14.2. The summed E-state index contributed by atoms with van der Waals surface area (Å²) in [6.45, 7) is 0. The van der Waals surface area contributed by atoms with Crippen molar-refractivity contribution in [3.8, 4) is 0 Å². The number of rotatable bonds is 3. The van der Waals surface area contributed by atoms with Crippen LogP contribution in [0.1, 0.15) is 12.8 Å². The predicted octanol–water partition coefficient (Wildman–Crippen LogP) is 3.97. The topological polar surface area (TPSA) is 17.1 Å². The van der Waals surface area contributed by atoms with Gasteiger partial charge in [-0.25, -0.2) is 0 Å². The van der Waals surface area contributed by atoms with Gasteiger partial charge >= 0.3 is 0 Å². The maximum atomic E-state index is 14.2. The molecule has 1 nitrogen and oxygen atoms in total. The third-order valence-corrected chi connectivity index (χ3v) is 8.65. The molecule has 2 aromatic carbocycles. The van der Waals surface area contributed by atoms with Crippen LogP contribution in [-0.2, 0) is 4.57 Å². The van der Waals surface area contributed by atoms with Gasteiger partial charge in [0.05, 0.1) is 0 Å². The van der Waals surface area contributed by atoms with E-state index >= 15 is 0 Å². The third-order valence-electron chi connectivity index (χ3n) is 4.99. The second-order valence-electron chi connectivity index (χ2n) is 6.18. The number of hydrogen-bond acceptors (Lipinski definition) is 1. The summed E-state index contributed by atoms with van der Waals surface area (Å²) in [5.74, 6) is 1.13. The van der Waals surface area contributed by atoms with Crippen LogP contribution >= 0.6 is 7.14 Å². The van der Waals surface area contributed by atoms with Gasteiger partial charge in [0.15, 0.2) is 0 Å². The van der Waals surface area contributed by atoms with E-state index in [1.54, 1.807) is 0 Å². The molecular weight excluding hydrogens is 275 g/mol. The lowest BCUT2D eigenvalue weighted by atomic mass is 10.1. The van der Waals surface area contributed by atoms with Crippen molar-refractivity contribution >= 4 is 17.8 Å². The highest BCUT2D eigenvalue weighted by Gasteiger charge is 2.47. The van der Waals surface area contributed by atoms with E-state index in [0.29, 0.717) is 11.8 Å². The van der Waals surface area contributed by atoms with Crippen LogP contribution in [0.4, 0.5) is 0 Å². The molecule has 0 aromatic heterocycles. The van der Waals surface area contributed by atoms with Crippen LogP contribution in [0.2, 0.25) is 0 Å². The monoisotopic (exact) mass is 294 g/mol. The molecule has 2 aromatic rings. The number of hydrogen-bond donors (Lipinski definition) is 0. The fourth-order valence-corrected chi connectivity index (χ4v) is 7.62. The van der Waals surface area contributed by atoms with Gasteiger partial charge < -0.3 is 4.57 Å². The van der Waals surface area contributed by atoms with Crippen molar-refractivity contribution in [3.63, 3.8) is 0 Å². The first-order chi connectivity index (χ1) is 10.3. The second kappa shape index (κ2) is 5.00. The molecule has 0 amide bonds. The summed E-state index contributed by atoms with van der Waals surface area (Å²) in [6.07, 6.45) is 6.88.